The Kier molecular flexibility index (Phi) is 5.63. The van der Waals surface area contributed by atoms with Crippen molar-refractivity contribution in [1.29, 1.82) is 0 Å². The molecule has 25 heavy (non-hydrogen) atoms. The average Bonchev–Trinajstić information content (AvgIpc) is 2.99. The predicted molar refractivity (Wildman–Crippen MR) is 96.0 cm³/mol. The number of nitrogens with zero attached hydrogens (tertiary/aromatic N) is 1. The minimum atomic E-state index is -0.702. The maximum absolute atomic E-state index is 11.7. The Bertz CT molecular complexity index is 630. The van der Waals surface area contributed by atoms with E-state index in [-0.39, 0.29) is 6.04 Å². The number of methoxy groups -OCH3 is 1. The Labute approximate surface area is 149 Å². The van der Waals surface area contributed by atoms with Crippen LogP contribution in [0.1, 0.15) is 37.7 Å². The van der Waals surface area contributed by atoms with Crippen molar-refractivity contribution >= 4 is 5.97 Å². The van der Waals surface area contributed by atoms with Gasteiger partial charge in [-0.05, 0) is 42.9 Å². The number of hydrogen-bond donors (Lipinski definition) is 1. The standard InChI is InChI=1S/C20H27NO4/c1-3-10-25-18-9-8-14(11-19(18)24-2)13-21-16-7-5-4-6-15(16)12-17(21)20(22)23/h3,8-9,11,15-17H,1,4-7,10,12-13H2,2H3,(H,22,23). The van der Waals surface area contributed by atoms with Gasteiger partial charge in [-0.1, -0.05) is 31.6 Å². The molecular formula is C20H27NO4. The molecule has 5 heteroatoms. The molecule has 0 aromatic heterocycles. The lowest BCUT2D eigenvalue weighted by Gasteiger charge is -2.33. The van der Waals surface area contributed by atoms with Crippen molar-refractivity contribution in [2.24, 2.45) is 5.92 Å². The zero-order chi connectivity index (χ0) is 17.8. The Morgan fingerprint density at radius 1 is 1.36 bits per heavy atom. The Hall–Kier alpha value is -2.01. The Morgan fingerprint density at radius 2 is 2.16 bits per heavy atom. The zero-order valence-electron chi connectivity index (χ0n) is 14.8. The maximum Gasteiger partial charge on any atom is 0.320 e. The van der Waals surface area contributed by atoms with Crippen molar-refractivity contribution in [1.82, 2.24) is 4.90 Å². The van der Waals surface area contributed by atoms with Crippen molar-refractivity contribution < 1.29 is 19.4 Å². The van der Waals surface area contributed by atoms with E-state index in [1.165, 1.54) is 12.8 Å². The van der Waals surface area contributed by atoms with Crippen LogP contribution < -0.4 is 9.47 Å². The van der Waals surface area contributed by atoms with E-state index in [0.29, 0.717) is 36.6 Å². The van der Waals surface area contributed by atoms with E-state index in [1.54, 1.807) is 13.2 Å². The molecule has 1 aromatic rings. The third-order valence-electron chi connectivity index (χ3n) is 5.46. The van der Waals surface area contributed by atoms with E-state index in [9.17, 15) is 9.90 Å². The van der Waals surface area contributed by atoms with Gasteiger partial charge in [0.15, 0.2) is 11.5 Å². The molecule has 1 heterocycles. The van der Waals surface area contributed by atoms with Crippen LogP contribution in [-0.4, -0.2) is 41.8 Å². The SMILES string of the molecule is C=CCOc1ccc(CN2C(C(=O)O)CC3CCCCC32)cc1OC. The number of fused-ring (bicyclic) bond motifs is 1. The van der Waals surface area contributed by atoms with Gasteiger partial charge in [0, 0.05) is 12.6 Å². The monoisotopic (exact) mass is 345 g/mol. The molecular weight excluding hydrogens is 318 g/mol. The second kappa shape index (κ2) is 7.91. The Morgan fingerprint density at radius 3 is 2.88 bits per heavy atom. The predicted octanol–water partition coefficient (Wildman–Crippen LogP) is 3.48. The van der Waals surface area contributed by atoms with Crippen LogP contribution in [0.4, 0.5) is 0 Å². The van der Waals surface area contributed by atoms with Crippen LogP contribution >= 0.6 is 0 Å². The third kappa shape index (κ3) is 3.82. The summed E-state index contributed by atoms with van der Waals surface area (Å²) >= 11 is 0. The second-order valence-electron chi connectivity index (χ2n) is 6.96. The molecule has 1 aliphatic carbocycles. The van der Waals surface area contributed by atoms with Crippen molar-refractivity contribution in [2.75, 3.05) is 13.7 Å². The number of carboxylic acid groups (broad SMARTS) is 1. The molecule has 1 saturated carbocycles. The minimum absolute atomic E-state index is 0.379. The summed E-state index contributed by atoms with van der Waals surface area (Å²) in [5.41, 5.74) is 1.06. The minimum Gasteiger partial charge on any atom is -0.493 e. The molecule has 5 nitrogen and oxygen atoms in total. The summed E-state index contributed by atoms with van der Waals surface area (Å²) in [7, 11) is 1.62. The number of ether oxygens (including phenoxy) is 2. The summed E-state index contributed by atoms with van der Waals surface area (Å²) in [5.74, 6) is 1.17. The fraction of sp³-hybridized carbons (Fsp3) is 0.550. The van der Waals surface area contributed by atoms with Gasteiger partial charge in [-0.2, -0.15) is 0 Å². The number of likely N-dealkylation sites (tertiary alicyclic amines) is 1. The van der Waals surface area contributed by atoms with Gasteiger partial charge in [-0.3, -0.25) is 9.69 Å². The van der Waals surface area contributed by atoms with Crippen LogP contribution in [0, 0.1) is 5.92 Å². The van der Waals surface area contributed by atoms with Gasteiger partial charge in [0.2, 0.25) is 0 Å². The lowest BCUT2D eigenvalue weighted by atomic mass is 9.84. The average molecular weight is 345 g/mol. The van der Waals surface area contributed by atoms with Crippen LogP contribution in [0.25, 0.3) is 0 Å². The number of benzene rings is 1. The van der Waals surface area contributed by atoms with E-state index < -0.39 is 5.97 Å². The van der Waals surface area contributed by atoms with Gasteiger partial charge in [-0.15, -0.1) is 0 Å². The molecule has 1 aliphatic heterocycles. The normalized spacial score (nSPS) is 26.0. The van der Waals surface area contributed by atoms with Gasteiger partial charge in [-0.25, -0.2) is 0 Å². The van der Waals surface area contributed by atoms with Crippen LogP contribution in [0.2, 0.25) is 0 Å². The highest BCUT2D eigenvalue weighted by Gasteiger charge is 2.44. The highest BCUT2D eigenvalue weighted by Crippen LogP contribution is 2.41. The van der Waals surface area contributed by atoms with Crippen molar-refractivity contribution in [3.8, 4) is 11.5 Å². The van der Waals surface area contributed by atoms with Gasteiger partial charge < -0.3 is 14.6 Å². The molecule has 1 N–H and O–H groups in total. The van der Waals surface area contributed by atoms with E-state index >= 15 is 0 Å². The third-order valence-corrected chi connectivity index (χ3v) is 5.46. The highest BCUT2D eigenvalue weighted by molar-refractivity contribution is 5.74. The summed E-state index contributed by atoms with van der Waals surface area (Å²) in [6, 6.07) is 5.85. The summed E-state index contributed by atoms with van der Waals surface area (Å²) in [4.78, 5) is 13.9. The van der Waals surface area contributed by atoms with Gasteiger partial charge >= 0.3 is 5.97 Å². The van der Waals surface area contributed by atoms with Crippen LogP contribution in [0.5, 0.6) is 11.5 Å². The van der Waals surface area contributed by atoms with Crippen LogP contribution in [-0.2, 0) is 11.3 Å². The highest BCUT2D eigenvalue weighted by atomic mass is 16.5. The van der Waals surface area contributed by atoms with Crippen LogP contribution in [0.3, 0.4) is 0 Å². The van der Waals surface area contributed by atoms with Gasteiger partial charge in [0.25, 0.3) is 0 Å². The quantitative estimate of drug-likeness (QED) is 0.767. The Balaban J connectivity index is 1.79. The molecule has 3 atom stereocenters. The molecule has 1 saturated heterocycles. The summed E-state index contributed by atoms with van der Waals surface area (Å²) in [6.07, 6.45) is 7.15. The second-order valence-corrected chi connectivity index (χ2v) is 6.96. The fourth-order valence-electron chi connectivity index (χ4n) is 4.31. The first-order chi connectivity index (χ1) is 12.1. The summed E-state index contributed by atoms with van der Waals surface area (Å²) < 4.78 is 11.0. The van der Waals surface area contributed by atoms with Crippen molar-refractivity contribution in [3.63, 3.8) is 0 Å². The fourth-order valence-corrected chi connectivity index (χ4v) is 4.31. The van der Waals surface area contributed by atoms with Crippen molar-refractivity contribution in [2.45, 2.75) is 50.7 Å². The topological polar surface area (TPSA) is 59.0 Å². The van der Waals surface area contributed by atoms with Crippen LogP contribution in [0.15, 0.2) is 30.9 Å². The largest absolute Gasteiger partial charge is 0.493 e. The lowest BCUT2D eigenvalue weighted by Crippen LogP contribution is -2.41. The molecule has 2 aliphatic rings. The molecule has 0 spiro atoms. The van der Waals surface area contributed by atoms with E-state index in [4.69, 9.17) is 9.47 Å². The molecule has 0 radical (unpaired) electrons. The molecule has 136 valence electrons. The van der Waals surface area contributed by atoms with Crippen molar-refractivity contribution in [3.05, 3.63) is 36.4 Å². The molecule has 1 aromatic carbocycles. The summed E-state index contributed by atoms with van der Waals surface area (Å²) in [5, 5.41) is 9.65. The smallest absolute Gasteiger partial charge is 0.320 e. The maximum atomic E-state index is 11.7. The van der Waals surface area contributed by atoms with Gasteiger partial charge in [0.1, 0.15) is 12.6 Å². The first-order valence-corrected chi connectivity index (χ1v) is 9.03. The first kappa shape index (κ1) is 17.8. The molecule has 3 rings (SSSR count). The molecule has 0 bridgehead atoms. The number of carboxylic acids is 1. The number of rotatable bonds is 7. The van der Waals surface area contributed by atoms with E-state index in [1.807, 2.05) is 18.2 Å². The first-order valence-electron chi connectivity index (χ1n) is 9.03. The van der Waals surface area contributed by atoms with E-state index in [0.717, 1.165) is 24.8 Å². The number of carbonyl (C=O) groups is 1. The molecule has 0 amide bonds. The van der Waals surface area contributed by atoms with Gasteiger partial charge in [0.05, 0.1) is 7.11 Å². The number of aliphatic carboxylic acids is 1. The zero-order valence-corrected chi connectivity index (χ0v) is 14.8. The lowest BCUT2D eigenvalue weighted by molar-refractivity contribution is -0.142. The molecule has 2 fully saturated rings. The van der Waals surface area contributed by atoms with E-state index in [2.05, 4.69) is 11.5 Å². The number of hydrogen-bond acceptors (Lipinski definition) is 4. The summed E-state index contributed by atoms with van der Waals surface area (Å²) in [6.45, 7) is 4.71. The molecule has 3 unspecified atom stereocenters.